The third kappa shape index (κ3) is 1.54. The molecule has 0 unspecified atom stereocenters. The summed E-state index contributed by atoms with van der Waals surface area (Å²) in [5.41, 5.74) is 1.05. The summed E-state index contributed by atoms with van der Waals surface area (Å²) in [5, 5.41) is 8.28. The number of aryl methyl sites for hydroxylation is 1. The largest absolute Gasteiger partial charge is 0.352 e. The van der Waals surface area contributed by atoms with Crippen molar-refractivity contribution in [2.45, 2.75) is 13.0 Å². The minimum absolute atomic E-state index is 0.386. The van der Waals surface area contributed by atoms with E-state index in [2.05, 4.69) is 20.1 Å². The van der Waals surface area contributed by atoms with Crippen LogP contribution in [-0.4, -0.2) is 33.1 Å². The van der Waals surface area contributed by atoms with Gasteiger partial charge in [0.15, 0.2) is 0 Å². The van der Waals surface area contributed by atoms with Gasteiger partial charge in [0.2, 0.25) is 0 Å². The molecule has 0 spiro atoms. The summed E-state index contributed by atoms with van der Waals surface area (Å²) in [6.45, 7) is 3.88. The summed E-state index contributed by atoms with van der Waals surface area (Å²) >= 11 is 0. The van der Waals surface area contributed by atoms with Crippen LogP contribution in [0, 0.1) is 6.92 Å². The molecule has 1 aliphatic rings. The van der Waals surface area contributed by atoms with Crippen molar-refractivity contribution < 1.29 is 0 Å². The van der Waals surface area contributed by atoms with Gasteiger partial charge < -0.3 is 4.90 Å². The molecule has 2 aromatic heterocycles. The van der Waals surface area contributed by atoms with E-state index in [0.717, 1.165) is 24.6 Å². The molecule has 2 aromatic rings. The fourth-order valence-corrected chi connectivity index (χ4v) is 1.91. The summed E-state index contributed by atoms with van der Waals surface area (Å²) in [6, 6.07) is 6.48. The Morgan fingerprint density at radius 3 is 2.62 bits per heavy atom. The molecule has 0 aliphatic carbocycles. The summed E-state index contributed by atoms with van der Waals surface area (Å²) in [5.74, 6) is 1.04. The van der Waals surface area contributed by atoms with Gasteiger partial charge in [0, 0.05) is 18.8 Å². The van der Waals surface area contributed by atoms with Crippen LogP contribution in [0.25, 0.3) is 0 Å². The zero-order chi connectivity index (χ0) is 11.0. The molecule has 16 heavy (non-hydrogen) atoms. The zero-order valence-corrected chi connectivity index (χ0v) is 9.11. The maximum atomic E-state index is 4.49. The number of aromatic nitrogens is 4. The van der Waals surface area contributed by atoms with Gasteiger partial charge in [0.05, 0.1) is 12.4 Å². The second-order valence-corrected chi connectivity index (χ2v) is 4.05. The van der Waals surface area contributed by atoms with Crippen molar-refractivity contribution in [3.8, 4) is 0 Å². The van der Waals surface area contributed by atoms with Gasteiger partial charge in [-0.3, -0.25) is 0 Å². The van der Waals surface area contributed by atoms with Gasteiger partial charge in [-0.05, 0) is 19.1 Å². The van der Waals surface area contributed by atoms with E-state index in [0.29, 0.717) is 6.04 Å². The maximum Gasteiger partial charge on any atom is 0.128 e. The molecule has 5 heteroatoms. The van der Waals surface area contributed by atoms with Gasteiger partial charge in [0.25, 0.3) is 0 Å². The first kappa shape index (κ1) is 9.33. The molecule has 1 fully saturated rings. The summed E-state index contributed by atoms with van der Waals surface area (Å²) in [7, 11) is 0. The van der Waals surface area contributed by atoms with Crippen molar-refractivity contribution >= 4 is 5.82 Å². The topological polar surface area (TPSA) is 46.8 Å². The Labute approximate surface area is 93.7 Å². The quantitative estimate of drug-likeness (QED) is 0.751. The molecule has 0 N–H and O–H groups in total. The molecule has 0 radical (unpaired) electrons. The Bertz CT molecular complexity index is 473. The molecule has 3 heterocycles. The molecule has 0 bridgehead atoms. The Hall–Kier alpha value is -1.91. The Kier molecular flexibility index (Phi) is 2.09. The van der Waals surface area contributed by atoms with Gasteiger partial charge in [-0.1, -0.05) is 6.07 Å². The van der Waals surface area contributed by atoms with E-state index in [1.165, 1.54) is 0 Å². The van der Waals surface area contributed by atoms with E-state index >= 15 is 0 Å². The van der Waals surface area contributed by atoms with Crippen LogP contribution in [0.15, 0.2) is 30.6 Å². The smallest absolute Gasteiger partial charge is 0.128 e. The minimum atomic E-state index is 0.386. The fourth-order valence-electron chi connectivity index (χ4n) is 1.91. The molecule has 5 nitrogen and oxygen atoms in total. The summed E-state index contributed by atoms with van der Waals surface area (Å²) in [4.78, 5) is 8.49. The van der Waals surface area contributed by atoms with Gasteiger partial charge >= 0.3 is 0 Å². The van der Waals surface area contributed by atoms with Crippen molar-refractivity contribution in [3.05, 3.63) is 36.3 Å². The highest BCUT2D eigenvalue weighted by atomic mass is 15.5. The number of pyridine rings is 1. The lowest BCUT2D eigenvalue weighted by atomic mass is 10.1. The van der Waals surface area contributed by atoms with Crippen LogP contribution in [-0.2, 0) is 0 Å². The van der Waals surface area contributed by atoms with Gasteiger partial charge in [-0.15, -0.1) is 0 Å². The Morgan fingerprint density at radius 2 is 1.94 bits per heavy atom. The lowest BCUT2D eigenvalue weighted by Crippen LogP contribution is -2.48. The molecular weight excluding hydrogens is 202 g/mol. The van der Waals surface area contributed by atoms with Crippen LogP contribution in [0.1, 0.15) is 11.7 Å². The predicted molar refractivity (Wildman–Crippen MR) is 60.2 cm³/mol. The predicted octanol–water partition coefficient (Wildman–Crippen LogP) is 1.04. The molecule has 0 saturated carbocycles. The minimum Gasteiger partial charge on any atom is -0.352 e. The number of rotatable bonds is 2. The molecule has 0 amide bonds. The molecule has 0 aromatic carbocycles. The molecule has 1 aliphatic heterocycles. The van der Waals surface area contributed by atoms with Crippen LogP contribution in [0.3, 0.4) is 0 Å². The van der Waals surface area contributed by atoms with Gasteiger partial charge in [-0.25, -0.2) is 4.98 Å². The van der Waals surface area contributed by atoms with E-state index in [1.807, 2.05) is 25.1 Å². The Balaban J connectivity index is 1.69. The van der Waals surface area contributed by atoms with Crippen molar-refractivity contribution in [2.75, 3.05) is 18.0 Å². The monoisotopic (exact) mass is 215 g/mol. The van der Waals surface area contributed by atoms with Gasteiger partial charge in [0.1, 0.15) is 11.9 Å². The second-order valence-electron chi connectivity index (χ2n) is 4.05. The number of hydrogen-bond acceptors (Lipinski definition) is 4. The third-order valence-corrected chi connectivity index (χ3v) is 2.82. The van der Waals surface area contributed by atoms with Gasteiger partial charge in [-0.2, -0.15) is 15.0 Å². The molecule has 0 atom stereocenters. The molecule has 1 saturated heterocycles. The van der Waals surface area contributed by atoms with Crippen molar-refractivity contribution in [2.24, 2.45) is 0 Å². The van der Waals surface area contributed by atoms with Crippen LogP contribution in [0.2, 0.25) is 0 Å². The van der Waals surface area contributed by atoms with Crippen LogP contribution in [0.5, 0.6) is 0 Å². The van der Waals surface area contributed by atoms with Crippen LogP contribution >= 0.6 is 0 Å². The number of anilines is 1. The van der Waals surface area contributed by atoms with Crippen molar-refractivity contribution in [1.29, 1.82) is 0 Å². The second kappa shape index (κ2) is 3.59. The first-order valence-corrected chi connectivity index (χ1v) is 5.37. The highest BCUT2D eigenvalue weighted by Crippen LogP contribution is 2.24. The standard InChI is InChI=1S/C11H13N5/c1-9-3-2-4-11(14-9)15-7-10(8-15)16-12-5-6-13-16/h2-6,10H,7-8H2,1H3. The van der Waals surface area contributed by atoms with E-state index in [9.17, 15) is 0 Å². The number of nitrogens with zero attached hydrogens (tertiary/aromatic N) is 5. The van der Waals surface area contributed by atoms with E-state index < -0.39 is 0 Å². The van der Waals surface area contributed by atoms with E-state index in [4.69, 9.17) is 0 Å². The van der Waals surface area contributed by atoms with Crippen molar-refractivity contribution in [3.63, 3.8) is 0 Å². The normalized spacial score (nSPS) is 16.2. The first-order valence-electron chi connectivity index (χ1n) is 5.37. The highest BCUT2D eigenvalue weighted by Gasteiger charge is 2.30. The number of hydrogen-bond donors (Lipinski definition) is 0. The fraction of sp³-hybridized carbons (Fsp3) is 0.364. The third-order valence-electron chi connectivity index (χ3n) is 2.82. The SMILES string of the molecule is Cc1cccc(N2CC(n3nccn3)C2)n1. The van der Waals surface area contributed by atoms with E-state index in [-0.39, 0.29) is 0 Å². The maximum absolute atomic E-state index is 4.49. The lowest BCUT2D eigenvalue weighted by molar-refractivity contribution is 0.331. The zero-order valence-electron chi connectivity index (χ0n) is 9.11. The van der Waals surface area contributed by atoms with Crippen LogP contribution in [0.4, 0.5) is 5.82 Å². The first-order chi connectivity index (χ1) is 7.83. The Morgan fingerprint density at radius 1 is 1.19 bits per heavy atom. The molecule has 82 valence electrons. The van der Waals surface area contributed by atoms with E-state index in [1.54, 1.807) is 17.2 Å². The average Bonchev–Trinajstić information content (AvgIpc) is 2.69. The highest BCUT2D eigenvalue weighted by molar-refractivity contribution is 5.42. The van der Waals surface area contributed by atoms with Crippen LogP contribution < -0.4 is 4.90 Å². The summed E-state index contributed by atoms with van der Waals surface area (Å²) < 4.78 is 0. The average molecular weight is 215 g/mol. The lowest BCUT2D eigenvalue weighted by Gasteiger charge is -2.39. The summed E-state index contributed by atoms with van der Waals surface area (Å²) in [6.07, 6.45) is 3.43. The van der Waals surface area contributed by atoms with Crippen molar-refractivity contribution in [1.82, 2.24) is 20.0 Å². The molecular formula is C11H13N5. The molecule has 3 rings (SSSR count).